The molecule has 4 aromatic rings. The Bertz CT molecular complexity index is 1270. The number of alkyl halides is 3. The molecule has 1 saturated heterocycles. The molecule has 0 spiro atoms. The predicted octanol–water partition coefficient (Wildman–Crippen LogP) is 5.51. The Balaban J connectivity index is 1.41. The molecule has 0 N–H and O–H groups in total. The Morgan fingerprint density at radius 3 is 2.56 bits per heavy atom. The topological polar surface area (TPSA) is 39.5 Å². The number of nitrogens with zero attached hydrogens (tertiary/aromatic N) is 3. The Labute approximate surface area is 195 Å². The third-order valence-electron chi connectivity index (χ3n) is 6.22. The molecule has 0 bridgehead atoms. The van der Waals surface area contributed by atoms with E-state index >= 15 is 0 Å². The monoisotopic (exact) mass is 469 g/mol. The molecule has 0 unspecified atom stereocenters. The molecular formula is C26H26F3N3O2. The van der Waals surface area contributed by atoms with E-state index in [1.807, 2.05) is 47.0 Å². The molecule has 0 atom stereocenters. The van der Waals surface area contributed by atoms with E-state index in [4.69, 9.17) is 9.47 Å². The van der Waals surface area contributed by atoms with Crippen LogP contribution in [0.5, 0.6) is 5.75 Å². The highest BCUT2D eigenvalue weighted by molar-refractivity contribution is 5.88. The van der Waals surface area contributed by atoms with Gasteiger partial charge in [-0.3, -0.25) is 4.90 Å². The molecule has 34 heavy (non-hydrogen) atoms. The third kappa shape index (κ3) is 4.88. The van der Waals surface area contributed by atoms with Gasteiger partial charge in [0.25, 0.3) is 0 Å². The molecule has 1 aliphatic rings. The molecular weight excluding hydrogens is 443 g/mol. The average Bonchev–Trinajstić information content (AvgIpc) is 3.19. The van der Waals surface area contributed by atoms with Crippen molar-refractivity contribution in [2.24, 2.45) is 0 Å². The number of imidazole rings is 1. The minimum atomic E-state index is -4.41. The van der Waals surface area contributed by atoms with E-state index in [1.165, 1.54) is 6.07 Å². The number of benzene rings is 3. The normalized spacial score (nSPS) is 15.3. The maximum Gasteiger partial charge on any atom is 0.416 e. The van der Waals surface area contributed by atoms with Gasteiger partial charge in [-0.15, -0.1) is 0 Å². The van der Waals surface area contributed by atoms with Gasteiger partial charge in [-0.25, -0.2) is 4.98 Å². The van der Waals surface area contributed by atoms with Crippen LogP contribution in [0.1, 0.15) is 17.8 Å². The standard InChI is InChI=1S/C26H26F3N3O2/c27-26(28,29)20-9-10-23-22(17-20)30-25(32(23)12-4-11-31-13-15-33-16-14-31)18-34-24-8-3-6-19-5-1-2-7-21(19)24/h1-3,5-10,17H,4,11-16,18H2. The lowest BCUT2D eigenvalue weighted by Gasteiger charge is -2.26. The molecule has 1 aliphatic heterocycles. The zero-order valence-corrected chi connectivity index (χ0v) is 18.7. The fourth-order valence-corrected chi connectivity index (χ4v) is 4.46. The highest BCUT2D eigenvalue weighted by atomic mass is 19.4. The fourth-order valence-electron chi connectivity index (χ4n) is 4.46. The van der Waals surface area contributed by atoms with Gasteiger partial charge in [-0.1, -0.05) is 36.4 Å². The second-order valence-electron chi connectivity index (χ2n) is 8.45. The van der Waals surface area contributed by atoms with Crippen molar-refractivity contribution in [3.8, 4) is 5.75 Å². The van der Waals surface area contributed by atoms with Crippen molar-refractivity contribution >= 4 is 21.8 Å². The van der Waals surface area contributed by atoms with Gasteiger partial charge in [0.1, 0.15) is 18.2 Å². The highest BCUT2D eigenvalue weighted by Gasteiger charge is 2.31. The molecule has 0 aliphatic carbocycles. The van der Waals surface area contributed by atoms with Crippen LogP contribution in [0.4, 0.5) is 13.2 Å². The lowest BCUT2D eigenvalue weighted by Crippen LogP contribution is -2.37. The van der Waals surface area contributed by atoms with Gasteiger partial charge >= 0.3 is 6.18 Å². The summed E-state index contributed by atoms with van der Waals surface area (Å²) < 4.78 is 53.4. The maximum absolute atomic E-state index is 13.3. The van der Waals surface area contributed by atoms with Crippen LogP contribution >= 0.6 is 0 Å². The number of hydrogen-bond donors (Lipinski definition) is 0. The van der Waals surface area contributed by atoms with Crippen LogP contribution in [0.25, 0.3) is 21.8 Å². The first kappa shape index (κ1) is 22.7. The Kier molecular flexibility index (Phi) is 6.43. The van der Waals surface area contributed by atoms with Gasteiger partial charge in [0.05, 0.1) is 29.8 Å². The summed E-state index contributed by atoms with van der Waals surface area (Å²) >= 11 is 0. The molecule has 2 heterocycles. The SMILES string of the molecule is FC(F)(F)c1ccc2c(c1)nc(COc1cccc3ccccc13)n2CCCN1CCOCC1. The van der Waals surface area contributed by atoms with Gasteiger partial charge in [0, 0.05) is 31.6 Å². The number of halogens is 3. The van der Waals surface area contributed by atoms with Gasteiger partial charge < -0.3 is 14.0 Å². The Morgan fingerprint density at radius 1 is 0.941 bits per heavy atom. The molecule has 5 nitrogen and oxygen atoms in total. The molecule has 1 aromatic heterocycles. The number of aryl methyl sites for hydroxylation is 1. The number of fused-ring (bicyclic) bond motifs is 2. The van der Waals surface area contributed by atoms with Crippen LogP contribution in [0.3, 0.4) is 0 Å². The van der Waals surface area contributed by atoms with E-state index in [9.17, 15) is 13.2 Å². The quantitative estimate of drug-likeness (QED) is 0.358. The smallest absolute Gasteiger partial charge is 0.416 e. The van der Waals surface area contributed by atoms with Crippen LogP contribution in [0, 0.1) is 0 Å². The summed E-state index contributed by atoms with van der Waals surface area (Å²) in [5.41, 5.74) is 0.323. The van der Waals surface area contributed by atoms with E-state index in [0.29, 0.717) is 23.4 Å². The first-order chi connectivity index (χ1) is 16.5. The minimum absolute atomic E-state index is 0.168. The molecule has 0 amide bonds. The first-order valence-corrected chi connectivity index (χ1v) is 11.5. The second kappa shape index (κ2) is 9.64. The van der Waals surface area contributed by atoms with E-state index in [1.54, 1.807) is 0 Å². The zero-order valence-electron chi connectivity index (χ0n) is 18.7. The second-order valence-corrected chi connectivity index (χ2v) is 8.45. The first-order valence-electron chi connectivity index (χ1n) is 11.5. The van der Waals surface area contributed by atoms with Crippen LogP contribution in [0.2, 0.25) is 0 Å². The number of morpholine rings is 1. The fraction of sp³-hybridized carbons (Fsp3) is 0.346. The lowest BCUT2D eigenvalue weighted by atomic mass is 10.1. The largest absolute Gasteiger partial charge is 0.485 e. The summed E-state index contributed by atoms with van der Waals surface area (Å²) in [7, 11) is 0. The van der Waals surface area contributed by atoms with Crippen LogP contribution < -0.4 is 4.74 Å². The van der Waals surface area contributed by atoms with Gasteiger partial charge in [0.15, 0.2) is 0 Å². The average molecular weight is 470 g/mol. The summed E-state index contributed by atoms with van der Waals surface area (Å²) in [6.07, 6.45) is -3.55. The van der Waals surface area contributed by atoms with E-state index in [-0.39, 0.29) is 6.61 Å². The number of hydrogen-bond acceptors (Lipinski definition) is 4. The summed E-state index contributed by atoms with van der Waals surface area (Å²) in [6, 6.07) is 17.5. The third-order valence-corrected chi connectivity index (χ3v) is 6.22. The number of rotatable bonds is 7. The molecule has 0 radical (unpaired) electrons. The van der Waals surface area contributed by atoms with E-state index in [0.717, 1.165) is 67.9 Å². The van der Waals surface area contributed by atoms with Crippen LogP contribution in [0.15, 0.2) is 60.7 Å². The van der Waals surface area contributed by atoms with Crippen LogP contribution in [-0.2, 0) is 24.1 Å². The summed E-state index contributed by atoms with van der Waals surface area (Å²) in [4.78, 5) is 6.90. The number of aromatic nitrogens is 2. The molecule has 3 aromatic carbocycles. The Morgan fingerprint density at radius 2 is 1.74 bits per heavy atom. The van der Waals surface area contributed by atoms with Crippen LogP contribution in [-0.4, -0.2) is 47.3 Å². The molecule has 178 valence electrons. The van der Waals surface area contributed by atoms with Crippen molar-refractivity contribution in [3.63, 3.8) is 0 Å². The van der Waals surface area contributed by atoms with E-state index < -0.39 is 11.7 Å². The zero-order chi connectivity index (χ0) is 23.5. The van der Waals surface area contributed by atoms with E-state index in [2.05, 4.69) is 9.88 Å². The van der Waals surface area contributed by atoms with Crippen molar-refractivity contribution in [3.05, 3.63) is 72.1 Å². The molecule has 5 rings (SSSR count). The van der Waals surface area contributed by atoms with Gasteiger partial charge in [-0.05, 0) is 36.1 Å². The van der Waals surface area contributed by atoms with Gasteiger partial charge in [-0.2, -0.15) is 13.2 Å². The van der Waals surface area contributed by atoms with Crippen molar-refractivity contribution in [1.29, 1.82) is 0 Å². The maximum atomic E-state index is 13.3. The highest BCUT2D eigenvalue weighted by Crippen LogP contribution is 2.32. The van der Waals surface area contributed by atoms with Crippen molar-refractivity contribution in [1.82, 2.24) is 14.5 Å². The predicted molar refractivity (Wildman–Crippen MR) is 125 cm³/mol. The summed E-state index contributed by atoms with van der Waals surface area (Å²) in [5, 5.41) is 2.05. The molecule has 0 saturated carbocycles. The lowest BCUT2D eigenvalue weighted by molar-refractivity contribution is -0.137. The minimum Gasteiger partial charge on any atom is -0.485 e. The summed E-state index contributed by atoms with van der Waals surface area (Å²) in [6.45, 7) is 4.98. The molecule has 1 fully saturated rings. The number of ether oxygens (including phenoxy) is 2. The molecule has 8 heteroatoms. The Hall–Kier alpha value is -3.10. The van der Waals surface area contributed by atoms with Crippen molar-refractivity contribution in [2.75, 3.05) is 32.8 Å². The summed E-state index contributed by atoms with van der Waals surface area (Å²) in [5.74, 6) is 1.34. The van der Waals surface area contributed by atoms with Gasteiger partial charge in [0.2, 0.25) is 0 Å². The van der Waals surface area contributed by atoms with Crippen molar-refractivity contribution < 1.29 is 22.6 Å². The van der Waals surface area contributed by atoms with Crippen molar-refractivity contribution in [2.45, 2.75) is 25.7 Å².